The highest BCUT2D eigenvalue weighted by Crippen LogP contribution is 1.98. The first-order chi connectivity index (χ1) is 8.72. The van der Waals surface area contributed by atoms with Crippen molar-refractivity contribution < 1.29 is 0 Å². The third-order valence-electron chi connectivity index (χ3n) is 2.60. The normalized spacial score (nSPS) is 10.6. The predicted molar refractivity (Wildman–Crippen MR) is 67.1 cm³/mol. The largest absolute Gasteiger partial charge is 0.358 e. The van der Waals surface area contributed by atoms with Crippen LogP contribution in [0.25, 0.3) is 0 Å². The van der Waals surface area contributed by atoms with Crippen LogP contribution in [0.1, 0.15) is 19.2 Å². The van der Waals surface area contributed by atoms with Crippen molar-refractivity contribution in [1.82, 2.24) is 24.3 Å². The van der Waals surface area contributed by atoms with Crippen molar-refractivity contribution in [3.8, 4) is 0 Å². The molecule has 0 aliphatic carbocycles. The second-order valence-electron chi connectivity index (χ2n) is 3.99. The van der Waals surface area contributed by atoms with Crippen molar-refractivity contribution in [2.45, 2.75) is 26.4 Å². The first kappa shape index (κ1) is 12.3. The van der Waals surface area contributed by atoms with Gasteiger partial charge in [-0.15, -0.1) is 10.2 Å². The van der Waals surface area contributed by atoms with Crippen molar-refractivity contribution >= 4 is 5.82 Å². The molecule has 1 N–H and O–H groups in total. The smallest absolute Gasteiger partial charge is 0.293 e. The Bertz CT molecular complexity index is 573. The van der Waals surface area contributed by atoms with Gasteiger partial charge in [-0.1, -0.05) is 6.92 Å². The highest BCUT2D eigenvalue weighted by Gasteiger charge is 2.06. The third-order valence-corrected chi connectivity index (χ3v) is 2.60. The Balaban J connectivity index is 2.12. The second-order valence-corrected chi connectivity index (χ2v) is 3.99. The SMILES string of the molecule is CCCn1ccnc(NCc2nncn2C)c1=O. The maximum atomic E-state index is 12.0. The zero-order valence-electron chi connectivity index (χ0n) is 10.5. The van der Waals surface area contributed by atoms with E-state index in [1.54, 1.807) is 27.9 Å². The summed E-state index contributed by atoms with van der Waals surface area (Å²) in [4.78, 5) is 16.0. The number of rotatable bonds is 5. The van der Waals surface area contributed by atoms with Gasteiger partial charge in [0.15, 0.2) is 11.6 Å². The van der Waals surface area contributed by atoms with Crippen LogP contribution >= 0.6 is 0 Å². The molecule has 0 spiro atoms. The number of nitrogens with one attached hydrogen (secondary N) is 1. The highest BCUT2D eigenvalue weighted by molar-refractivity contribution is 5.30. The lowest BCUT2D eigenvalue weighted by molar-refractivity contribution is 0.649. The molecular formula is C11H16N6O. The Morgan fingerprint density at radius 1 is 1.44 bits per heavy atom. The molecular weight excluding hydrogens is 232 g/mol. The molecule has 0 aromatic carbocycles. The van der Waals surface area contributed by atoms with Gasteiger partial charge in [0.05, 0.1) is 6.54 Å². The van der Waals surface area contributed by atoms with Gasteiger partial charge in [0.25, 0.3) is 5.56 Å². The van der Waals surface area contributed by atoms with Crippen LogP contribution < -0.4 is 10.9 Å². The van der Waals surface area contributed by atoms with Gasteiger partial charge in [0.2, 0.25) is 0 Å². The van der Waals surface area contributed by atoms with Gasteiger partial charge in [-0.25, -0.2) is 4.98 Å². The molecule has 96 valence electrons. The molecule has 2 rings (SSSR count). The summed E-state index contributed by atoms with van der Waals surface area (Å²) < 4.78 is 3.44. The number of hydrogen-bond donors (Lipinski definition) is 1. The topological polar surface area (TPSA) is 77.6 Å². The van der Waals surface area contributed by atoms with E-state index in [0.717, 1.165) is 12.2 Å². The molecule has 0 radical (unpaired) electrons. The minimum atomic E-state index is -0.110. The van der Waals surface area contributed by atoms with Crippen LogP contribution in [0.5, 0.6) is 0 Å². The van der Waals surface area contributed by atoms with Crippen molar-refractivity contribution in [3.63, 3.8) is 0 Å². The maximum absolute atomic E-state index is 12.0. The molecule has 0 bridgehead atoms. The fourth-order valence-corrected chi connectivity index (χ4v) is 1.62. The first-order valence-electron chi connectivity index (χ1n) is 5.84. The van der Waals surface area contributed by atoms with Crippen LogP contribution in [0.3, 0.4) is 0 Å². The minimum Gasteiger partial charge on any atom is -0.358 e. The fourth-order valence-electron chi connectivity index (χ4n) is 1.62. The summed E-state index contributed by atoms with van der Waals surface area (Å²) in [7, 11) is 1.85. The summed E-state index contributed by atoms with van der Waals surface area (Å²) in [5, 5.41) is 10.7. The van der Waals surface area contributed by atoms with Crippen molar-refractivity contribution in [2.24, 2.45) is 7.05 Å². The Kier molecular flexibility index (Phi) is 3.71. The van der Waals surface area contributed by atoms with Gasteiger partial charge in [-0.05, 0) is 6.42 Å². The van der Waals surface area contributed by atoms with Crippen molar-refractivity contribution in [3.05, 3.63) is 34.9 Å². The van der Waals surface area contributed by atoms with Crippen LogP contribution in [0.2, 0.25) is 0 Å². The van der Waals surface area contributed by atoms with E-state index in [-0.39, 0.29) is 5.56 Å². The van der Waals surface area contributed by atoms with E-state index >= 15 is 0 Å². The monoisotopic (exact) mass is 248 g/mol. The Hall–Kier alpha value is -2.18. The van der Waals surface area contributed by atoms with E-state index in [4.69, 9.17) is 0 Å². The maximum Gasteiger partial charge on any atom is 0.293 e. The van der Waals surface area contributed by atoms with E-state index in [1.807, 2.05) is 14.0 Å². The minimum absolute atomic E-state index is 0.110. The molecule has 0 aliphatic heterocycles. The molecule has 2 aromatic heterocycles. The molecule has 0 atom stereocenters. The molecule has 0 amide bonds. The number of anilines is 1. The summed E-state index contributed by atoms with van der Waals surface area (Å²) >= 11 is 0. The summed E-state index contributed by atoms with van der Waals surface area (Å²) in [6.45, 7) is 3.15. The van der Waals surface area contributed by atoms with Crippen LogP contribution in [-0.4, -0.2) is 24.3 Å². The number of aromatic nitrogens is 5. The van der Waals surface area contributed by atoms with E-state index in [1.165, 1.54) is 0 Å². The predicted octanol–water partition coefficient (Wildman–Crippen LogP) is 0.394. The Morgan fingerprint density at radius 2 is 2.28 bits per heavy atom. The van der Waals surface area contributed by atoms with Crippen LogP contribution in [0, 0.1) is 0 Å². The quantitative estimate of drug-likeness (QED) is 0.828. The Morgan fingerprint density at radius 3 is 2.94 bits per heavy atom. The molecule has 0 fully saturated rings. The molecule has 0 saturated carbocycles. The summed E-state index contributed by atoms with van der Waals surface area (Å²) in [6.07, 6.45) is 5.84. The lowest BCUT2D eigenvalue weighted by Crippen LogP contribution is -2.24. The molecule has 7 heteroatoms. The van der Waals surface area contributed by atoms with Gasteiger partial charge in [0, 0.05) is 26.0 Å². The zero-order chi connectivity index (χ0) is 13.0. The van der Waals surface area contributed by atoms with Gasteiger partial charge < -0.3 is 14.5 Å². The molecule has 0 saturated heterocycles. The molecule has 0 aliphatic rings. The Labute approximate surface area is 105 Å². The van der Waals surface area contributed by atoms with E-state index in [0.29, 0.717) is 18.9 Å². The summed E-state index contributed by atoms with van der Waals surface area (Å²) in [5.74, 6) is 1.09. The van der Waals surface area contributed by atoms with E-state index < -0.39 is 0 Å². The first-order valence-corrected chi connectivity index (χ1v) is 5.84. The van der Waals surface area contributed by atoms with Gasteiger partial charge in [-0.3, -0.25) is 4.79 Å². The lowest BCUT2D eigenvalue weighted by Gasteiger charge is -2.07. The van der Waals surface area contributed by atoms with Crippen molar-refractivity contribution in [2.75, 3.05) is 5.32 Å². The lowest BCUT2D eigenvalue weighted by atomic mass is 10.4. The van der Waals surface area contributed by atoms with Crippen LogP contribution in [0.15, 0.2) is 23.5 Å². The molecule has 2 aromatic rings. The van der Waals surface area contributed by atoms with E-state index in [2.05, 4.69) is 20.5 Å². The molecule has 18 heavy (non-hydrogen) atoms. The second kappa shape index (κ2) is 5.44. The molecule has 7 nitrogen and oxygen atoms in total. The summed E-state index contributed by atoms with van der Waals surface area (Å²) in [5.41, 5.74) is -0.110. The average Bonchev–Trinajstić information content (AvgIpc) is 2.76. The standard InChI is InChI=1S/C11H16N6O/c1-3-5-17-6-4-12-10(11(17)18)13-7-9-15-14-8-16(9)2/h4,6,8H,3,5,7H2,1-2H3,(H,12,13). The van der Waals surface area contributed by atoms with Crippen LogP contribution in [-0.2, 0) is 20.1 Å². The third kappa shape index (κ3) is 2.55. The summed E-state index contributed by atoms with van der Waals surface area (Å²) in [6, 6.07) is 0. The number of nitrogens with zero attached hydrogens (tertiary/aromatic N) is 5. The number of aryl methyl sites for hydroxylation is 2. The van der Waals surface area contributed by atoms with Gasteiger partial charge >= 0.3 is 0 Å². The van der Waals surface area contributed by atoms with E-state index in [9.17, 15) is 4.79 Å². The fraction of sp³-hybridized carbons (Fsp3) is 0.455. The van der Waals surface area contributed by atoms with Crippen LogP contribution in [0.4, 0.5) is 5.82 Å². The van der Waals surface area contributed by atoms with Gasteiger partial charge in [-0.2, -0.15) is 0 Å². The van der Waals surface area contributed by atoms with Crippen molar-refractivity contribution in [1.29, 1.82) is 0 Å². The molecule has 2 heterocycles. The molecule has 0 unspecified atom stereocenters. The van der Waals surface area contributed by atoms with Gasteiger partial charge in [0.1, 0.15) is 6.33 Å². The average molecular weight is 248 g/mol. The highest BCUT2D eigenvalue weighted by atomic mass is 16.1. The zero-order valence-corrected chi connectivity index (χ0v) is 10.5. The number of hydrogen-bond acceptors (Lipinski definition) is 5.